The number of nitrogens with two attached hydrogens (primary N) is 1. The summed E-state index contributed by atoms with van der Waals surface area (Å²) in [4.78, 5) is 29.8. The Bertz CT molecular complexity index is 579. The fourth-order valence-electron chi connectivity index (χ4n) is 2.10. The summed E-state index contributed by atoms with van der Waals surface area (Å²) >= 11 is 0. The van der Waals surface area contributed by atoms with Gasteiger partial charge in [-0.1, -0.05) is 57.9 Å². The van der Waals surface area contributed by atoms with E-state index in [4.69, 9.17) is 25.8 Å². The molecule has 0 spiro atoms. The van der Waals surface area contributed by atoms with E-state index < -0.39 is 29.9 Å². The summed E-state index contributed by atoms with van der Waals surface area (Å²) in [7, 11) is 0. The lowest BCUT2D eigenvalue weighted by molar-refractivity contribution is -0.139. The Balaban J connectivity index is 0. The minimum absolute atomic E-state index is 0.418. The molecule has 0 bridgehead atoms. The van der Waals surface area contributed by atoms with Gasteiger partial charge >= 0.3 is 11.9 Å². The largest absolute Gasteiger partial charge is 0.481 e. The third-order valence-electron chi connectivity index (χ3n) is 3.68. The second-order valence-electron chi connectivity index (χ2n) is 7.01. The van der Waals surface area contributed by atoms with E-state index in [0.29, 0.717) is 12.3 Å². The summed E-state index contributed by atoms with van der Waals surface area (Å²) in [5, 5.41) is 24.6. The first-order valence-electron chi connectivity index (χ1n) is 9.41. The van der Waals surface area contributed by atoms with Crippen molar-refractivity contribution in [3.63, 3.8) is 0 Å². The van der Waals surface area contributed by atoms with Gasteiger partial charge in [0, 0.05) is 6.92 Å². The molecule has 2 atom stereocenters. The second-order valence-corrected chi connectivity index (χ2v) is 7.01. The molecule has 0 radical (unpaired) electrons. The molecular formula is C21H35NO6. The molecule has 7 nitrogen and oxygen atoms in total. The van der Waals surface area contributed by atoms with E-state index >= 15 is 0 Å². The predicted molar refractivity (Wildman–Crippen MR) is 109 cm³/mol. The number of carboxylic acid groups (broad SMARTS) is 3. The highest BCUT2D eigenvalue weighted by molar-refractivity contribution is 5.75. The van der Waals surface area contributed by atoms with Crippen LogP contribution >= 0.6 is 0 Å². The SMILES string of the molecule is CC(=O)O.CC(C)Cc1ccc(C(C)C(=O)O)cc1.CCCCC(N)C(=O)O. The van der Waals surface area contributed by atoms with E-state index in [1.165, 1.54) is 5.56 Å². The van der Waals surface area contributed by atoms with Crippen molar-refractivity contribution in [3.8, 4) is 0 Å². The fourth-order valence-corrected chi connectivity index (χ4v) is 2.10. The van der Waals surface area contributed by atoms with Crippen LogP contribution < -0.4 is 5.73 Å². The molecule has 1 aromatic carbocycles. The number of hydrogen-bond donors (Lipinski definition) is 4. The highest BCUT2D eigenvalue weighted by Gasteiger charge is 2.13. The van der Waals surface area contributed by atoms with Gasteiger partial charge in [0.1, 0.15) is 6.04 Å². The topological polar surface area (TPSA) is 138 Å². The van der Waals surface area contributed by atoms with E-state index in [0.717, 1.165) is 31.7 Å². The highest BCUT2D eigenvalue weighted by atomic mass is 16.4. The number of rotatable bonds is 8. The smallest absolute Gasteiger partial charge is 0.320 e. The van der Waals surface area contributed by atoms with Crippen molar-refractivity contribution in [1.29, 1.82) is 0 Å². The number of carboxylic acids is 3. The Labute approximate surface area is 167 Å². The van der Waals surface area contributed by atoms with Gasteiger partial charge in [-0.15, -0.1) is 0 Å². The first-order chi connectivity index (χ1) is 12.9. The van der Waals surface area contributed by atoms with E-state index in [2.05, 4.69) is 13.8 Å². The average Bonchev–Trinajstić information content (AvgIpc) is 2.59. The first kappa shape index (κ1) is 27.8. The van der Waals surface area contributed by atoms with Gasteiger partial charge in [0.2, 0.25) is 0 Å². The number of benzene rings is 1. The molecule has 0 aliphatic heterocycles. The van der Waals surface area contributed by atoms with Crippen molar-refractivity contribution in [2.24, 2.45) is 11.7 Å². The van der Waals surface area contributed by atoms with Crippen molar-refractivity contribution in [2.45, 2.75) is 72.3 Å². The molecule has 0 saturated carbocycles. The molecule has 0 aliphatic rings. The van der Waals surface area contributed by atoms with Gasteiger partial charge in [-0.3, -0.25) is 14.4 Å². The van der Waals surface area contributed by atoms with Gasteiger partial charge in [0.15, 0.2) is 0 Å². The van der Waals surface area contributed by atoms with Crippen LogP contribution in [0.2, 0.25) is 0 Å². The molecule has 2 unspecified atom stereocenters. The predicted octanol–water partition coefficient (Wildman–Crippen LogP) is 3.75. The molecular weight excluding hydrogens is 362 g/mol. The number of unbranched alkanes of at least 4 members (excludes halogenated alkanes) is 1. The van der Waals surface area contributed by atoms with Gasteiger partial charge < -0.3 is 21.1 Å². The lowest BCUT2D eigenvalue weighted by atomic mass is 9.97. The van der Waals surface area contributed by atoms with E-state index in [-0.39, 0.29) is 0 Å². The molecule has 28 heavy (non-hydrogen) atoms. The Hall–Kier alpha value is -2.41. The van der Waals surface area contributed by atoms with Crippen LogP contribution in [0, 0.1) is 5.92 Å². The van der Waals surface area contributed by atoms with Crippen LogP contribution in [-0.2, 0) is 20.8 Å². The summed E-state index contributed by atoms with van der Waals surface area (Å²) in [6.45, 7) is 9.15. The summed E-state index contributed by atoms with van der Waals surface area (Å²) in [6.07, 6.45) is 3.53. The van der Waals surface area contributed by atoms with Gasteiger partial charge in [0.25, 0.3) is 5.97 Å². The Morgan fingerprint density at radius 2 is 1.43 bits per heavy atom. The molecule has 0 saturated heterocycles. The lowest BCUT2D eigenvalue weighted by Gasteiger charge is -2.09. The molecule has 0 heterocycles. The maximum absolute atomic E-state index is 10.8. The fraction of sp³-hybridized carbons (Fsp3) is 0.571. The normalized spacial score (nSPS) is 12.0. The van der Waals surface area contributed by atoms with Gasteiger partial charge in [0.05, 0.1) is 5.92 Å². The molecule has 160 valence electrons. The third-order valence-corrected chi connectivity index (χ3v) is 3.68. The molecule has 0 aliphatic carbocycles. The number of aliphatic carboxylic acids is 3. The average molecular weight is 398 g/mol. The van der Waals surface area contributed by atoms with Crippen molar-refractivity contribution in [3.05, 3.63) is 35.4 Å². The zero-order valence-corrected chi connectivity index (χ0v) is 17.5. The summed E-state index contributed by atoms with van der Waals surface area (Å²) in [5.74, 6) is -2.29. The summed E-state index contributed by atoms with van der Waals surface area (Å²) in [6, 6.07) is 7.21. The Kier molecular flexibility index (Phi) is 15.5. The maximum atomic E-state index is 10.8. The molecule has 0 aromatic heterocycles. The molecule has 0 amide bonds. The van der Waals surface area contributed by atoms with Crippen LogP contribution in [0.1, 0.15) is 70.9 Å². The zero-order chi connectivity index (χ0) is 22.3. The minimum atomic E-state index is -0.900. The van der Waals surface area contributed by atoms with E-state index in [1.54, 1.807) is 6.92 Å². The summed E-state index contributed by atoms with van der Waals surface area (Å²) < 4.78 is 0. The number of hydrogen-bond acceptors (Lipinski definition) is 4. The van der Waals surface area contributed by atoms with Gasteiger partial charge in [-0.2, -0.15) is 0 Å². The van der Waals surface area contributed by atoms with Crippen LogP contribution in [0.4, 0.5) is 0 Å². The van der Waals surface area contributed by atoms with Gasteiger partial charge in [-0.25, -0.2) is 0 Å². The van der Waals surface area contributed by atoms with Crippen molar-refractivity contribution < 1.29 is 29.7 Å². The van der Waals surface area contributed by atoms with Crippen molar-refractivity contribution in [2.75, 3.05) is 0 Å². The minimum Gasteiger partial charge on any atom is -0.481 e. The molecule has 1 rings (SSSR count). The Morgan fingerprint density at radius 3 is 1.75 bits per heavy atom. The molecule has 5 N–H and O–H groups in total. The monoisotopic (exact) mass is 397 g/mol. The maximum Gasteiger partial charge on any atom is 0.320 e. The number of carbonyl (C=O) groups is 3. The van der Waals surface area contributed by atoms with Crippen molar-refractivity contribution >= 4 is 17.9 Å². The Morgan fingerprint density at radius 1 is 0.964 bits per heavy atom. The van der Waals surface area contributed by atoms with Crippen LogP contribution in [0.25, 0.3) is 0 Å². The van der Waals surface area contributed by atoms with Crippen LogP contribution in [0.5, 0.6) is 0 Å². The van der Waals surface area contributed by atoms with Gasteiger partial charge in [-0.05, 0) is 36.8 Å². The van der Waals surface area contributed by atoms with E-state index in [9.17, 15) is 9.59 Å². The first-order valence-corrected chi connectivity index (χ1v) is 9.41. The standard InChI is InChI=1S/C13H18O2.C6H13NO2.C2H4O2/c1-9(2)8-11-4-6-12(7-5-11)10(3)13(14)15;1-2-3-4-5(7)6(8)9;1-2(3)4/h4-7,9-10H,8H2,1-3H3,(H,14,15);5H,2-4,7H2,1H3,(H,8,9);1H3,(H,3,4). The quantitative estimate of drug-likeness (QED) is 0.524. The van der Waals surface area contributed by atoms with Crippen LogP contribution in [-0.4, -0.2) is 39.3 Å². The second kappa shape index (κ2) is 15.6. The van der Waals surface area contributed by atoms with E-state index in [1.807, 2.05) is 31.2 Å². The van der Waals surface area contributed by atoms with Crippen LogP contribution in [0.15, 0.2) is 24.3 Å². The third kappa shape index (κ3) is 15.8. The molecule has 0 fully saturated rings. The van der Waals surface area contributed by atoms with Crippen molar-refractivity contribution in [1.82, 2.24) is 0 Å². The van der Waals surface area contributed by atoms with Crippen LogP contribution in [0.3, 0.4) is 0 Å². The highest BCUT2D eigenvalue weighted by Crippen LogP contribution is 2.17. The molecule has 1 aromatic rings. The zero-order valence-electron chi connectivity index (χ0n) is 17.5. The summed E-state index contributed by atoms with van der Waals surface area (Å²) in [5.41, 5.74) is 7.34. The molecule has 7 heteroatoms. The lowest BCUT2D eigenvalue weighted by Crippen LogP contribution is -2.29.